The Kier molecular flexibility index (Phi) is 2.52. The Labute approximate surface area is 99.9 Å². The number of fused-ring (bicyclic) bond motifs is 1. The summed E-state index contributed by atoms with van der Waals surface area (Å²) in [6, 6.07) is 10.0. The molecule has 1 heterocycles. The highest BCUT2D eigenvalue weighted by Crippen LogP contribution is 2.28. The first kappa shape index (κ1) is 10.3. The molecule has 1 saturated carbocycles. The Balaban J connectivity index is 1.82. The normalized spacial score (nSPS) is 14.8. The van der Waals surface area contributed by atoms with Gasteiger partial charge in [-0.3, -0.25) is 9.78 Å². The number of hydrogen-bond donors (Lipinski definition) is 1. The Morgan fingerprint density at radius 1 is 1.29 bits per heavy atom. The number of pyridine rings is 1. The van der Waals surface area contributed by atoms with Gasteiger partial charge in [-0.1, -0.05) is 24.3 Å². The molecule has 1 aromatic carbocycles. The van der Waals surface area contributed by atoms with E-state index in [9.17, 15) is 4.79 Å². The van der Waals surface area contributed by atoms with E-state index >= 15 is 0 Å². The number of aromatic nitrogens is 1. The van der Waals surface area contributed by atoms with Gasteiger partial charge in [0.25, 0.3) is 0 Å². The molecule has 3 nitrogen and oxygen atoms in total. The van der Waals surface area contributed by atoms with Crippen LogP contribution in [0.4, 0.5) is 0 Å². The molecule has 0 aliphatic heterocycles. The maximum Gasteiger partial charge on any atom is 0.223 e. The second-order valence-corrected chi connectivity index (χ2v) is 4.48. The fraction of sp³-hybridized carbons (Fsp3) is 0.286. The molecule has 0 saturated heterocycles. The van der Waals surface area contributed by atoms with Crippen molar-refractivity contribution in [3.8, 4) is 0 Å². The summed E-state index contributed by atoms with van der Waals surface area (Å²) in [5.74, 6) is 0.441. The molecule has 86 valence electrons. The molecule has 0 unspecified atom stereocenters. The molecular formula is C14H14N2O. The molecule has 1 amide bonds. The minimum Gasteiger partial charge on any atom is -0.352 e. The van der Waals surface area contributed by atoms with Crippen molar-refractivity contribution in [3.63, 3.8) is 0 Å². The van der Waals surface area contributed by atoms with Gasteiger partial charge in [0.15, 0.2) is 0 Å². The number of para-hydroxylation sites is 1. The molecule has 3 heteroatoms. The molecule has 1 aliphatic carbocycles. The maximum absolute atomic E-state index is 11.6. The predicted octanol–water partition coefficient (Wildman–Crippen LogP) is 2.26. The highest BCUT2D eigenvalue weighted by atomic mass is 16.2. The highest BCUT2D eigenvalue weighted by molar-refractivity contribution is 5.83. The third-order valence-electron chi connectivity index (χ3n) is 3.12. The van der Waals surface area contributed by atoms with Gasteiger partial charge in [-0.2, -0.15) is 0 Å². The standard InChI is InChI=1S/C14H14N2O/c17-14(11-6-7-11)16-9-12-4-1-3-10-5-2-8-15-13(10)12/h1-5,8,11H,6-7,9H2,(H,16,17). The maximum atomic E-state index is 11.6. The van der Waals surface area contributed by atoms with E-state index in [0.29, 0.717) is 6.54 Å². The third kappa shape index (κ3) is 2.13. The molecule has 1 N–H and O–H groups in total. The summed E-state index contributed by atoms with van der Waals surface area (Å²) in [5.41, 5.74) is 2.06. The molecule has 0 radical (unpaired) electrons. The summed E-state index contributed by atoms with van der Waals surface area (Å²) >= 11 is 0. The predicted molar refractivity (Wildman–Crippen MR) is 66.3 cm³/mol. The molecule has 3 rings (SSSR count). The summed E-state index contributed by atoms with van der Waals surface area (Å²) < 4.78 is 0. The van der Waals surface area contributed by atoms with Gasteiger partial charge in [0.1, 0.15) is 0 Å². The van der Waals surface area contributed by atoms with Crippen molar-refractivity contribution in [1.29, 1.82) is 0 Å². The number of rotatable bonds is 3. The van der Waals surface area contributed by atoms with Crippen LogP contribution in [0.25, 0.3) is 10.9 Å². The van der Waals surface area contributed by atoms with Gasteiger partial charge in [-0.05, 0) is 24.5 Å². The summed E-state index contributed by atoms with van der Waals surface area (Å²) in [6.07, 6.45) is 3.87. The lowest BCUT2D eigenvalue weighted by molar-refractivity contribution is -0.122. The number of carbonyl (C=O) groups excluding carboxylic acids is 1. The summed E-state index contributed by atoms with van der Waals surface area (Å²) in [5, 5.41) is 4.09. The molecule has 1 aromatic heterocycles. The smallest absolute Gasteiger partial charge is 0.223 e. The molecule has 1 fully saturated rings. The average molecular weight is 226 g/mol. The van der Waals surface area contributed by atoms with Crippen LogP contribution in [0.15, 0.2) is 36.5 Å². The third-order valence-corrected chi connectivity index (χ3v) is 3.12. The van der Waals surface area contributed by atoms with E-state index in [0.717, 1.165) is 29.3 Å². The molecule has 2 aromatic rings. The zero-order valence-electron chi connectivity index (χ0n) is 9.52. The van der Waals surface area contributed by atoms with E-state index in [1.807, 2.05) is 30.3 Å². The van der Waals surface area contributed by atoms with Gasteiger partial charge in [-0.15, -0.1) is 0 Å². The molecule has 0 bridgehead atoms. The molecule has 0 spiro atoms. The lowest BCUT2D eigenvalue weighted by Gasteiger charge is -2.07. The summed E-state index contributed by atoms with van der Waals surface area (Å²) in [6.45, 7) is 0.573. The van der Waals surface area contributed by atoms with E-state index in [1.54, 1.807) is 6.20 Å². The van der Waals surface area contributed by atoms with E-state index < -0.39 is 0 Å². The van der Waals surface area contributed by atoms with Gasteiger partial charge >= 0.3 is 0 Å². The second-order valence-electron chi connectivity index (χ2n) is 4.48. The van der Waals surface area contributed by atoms with Crippen LogP contribution < -0.4 is 5.32 Å². The van der Waals surface area contributed by atoms with Crippen molar-refractivity contribution in [2.24, 2.45) is 5.92 Å². The largest absolute Gasteiger partial charge is 0.352 e. The fourth-order valence-electron chi connectivity index (χ4n) is 1.98. The number of carbonyl (C=O) groups is 1. The number of nitrogens with zero attached hydrogens (tertiary/aromatic N) is 1. The number of benzene rings is 1. The minimum absolute atomic E-state index is 0.179. The van der Waals surface area contributed by atoms with Gasteiger partial charge in [0, 0.05) is 24.0 Å². The first-order valence-electron chi connectivity index (χ1n) is 5.95. The number of amides is 1. The van der Waals surface area contributed by atoms with Crippen molar-refractivity contribution >= 4 is 16.8 Å². The van der Waals surface area contributed by atoms with Crippen molar-refractivity contribution in [3.05, 3.63) is 42.1 Å². The summed E-state index contributed by atoms with van der Waals surface area (Å²) in [4.78, 5) is 16.0. The van der Waals surface area contributed by atoms with Crippen LogP contribution in [0.3, 0.4) is 0 Å². The first-order valence-corrected chi connectivity index (χ1v) is 5.95. The van der Waals surface area contributed by atoms with Crippen LogP contribution in [0, 0.1) is 5.92 Å². The Morgan fingerprint density at radius 3 is 2.94 bits per heavy atom. The quantitative estimate of drug-likeness (QED) is 0.872. The topological polar surface area (TPSA) is 42.0 Å². The van der Waals surface area contributed by atoms with E-state index in [1.165, 1.54) is 0 Å². The second kappa shape index (κ2) is 4.17. The average Bonchev–Trinajstić information content (AvgIpc) is 3.20. The number of nitrogens with one attached hydrogen (secondary N) is 1. The molecule has 17 heavy (non-hydrogen) atoms. The Morgan fingerprint density at radius 2 is 2.12 bits per heavy atom. The molecule has 0 atom stereocenters. The Bertz CT molecular complexity index is 556. The van der Waals surface area contributed by atoms with E-state index in [2.05, 4.69) is 10.3 Å². The zero-order chi connectivity index (χ0) is 11.7. The van der Waals surface area contributed by atoms with Gasteiger partial charge in [0.2, 0.25) is 5.91 Å². The monoisotopic (exact) mass is 226 g/mol. The highest BCUT2D eigenvalue weighted by Gasteiger charge is 2.29. The van der Waals surface area contributed by atoms with Gasteiger partial charge in [-0.25, -0.2) is 0 Å². The van der Waals surface area contributed by atoms with Crippen LogP contribution in [0.1, 0.15) is 18.4 Å². The zero-order valence-corrected chi connectivity index (χ0v) is 9.52. The fourth-order valence-corrected chi connectivity index (χ4v) is 1.98. The van der Waals surface area contributed by atoms with Crippen LogP contribution in [0.2, 0.25) is 0 Å². The van der Waals surface area contributed by atoms with Crippen LogP contribution in [-0.4, -0.2) is 10.9 Å². The first-order chi connectivity index (χ1) is 8.34. The molecule has 1 aliphatic rings. The van der Waals surface area contributed by atoms with Crippen LogP contribution in [0.5, 0.6) is 0 Å². The summed E-state index contributed by atoms with van der Waals surface area (Å²) in [7, 11) is 0. The van der Waals surface area contributed by atoms with E-state index in [4.69, 9.17) is 0 Å². The van der Waals surface area contributed by atoms with Crippen molar-refractivity contribution < 1.29 is 4.79 Å². The SMILES string of the molecule is O=C(NCc1cccc2cccnc12)C1CC1. The molecular weight excluding hydrogens is 212 g/mol. The lowest BCUT2D eigenvalue weighted by atomic mass is 10.1. The Hall–Kier alpha value is -1.90. The van der Waals surface area contributed by atoms with Crippen molar-refractivity contribution in [2.75, 3.05) is 0 Å². The van der Waals surface area contributed by atoms with Crippen LogP contribution >= 0.6 is 0 Å². The van der Waals surface area contributed by atoms with E-state index in [-0.39, 0.29) is 11.8 Å². The number of hydrogen-bond acceptors (Lipinski definition) is 2. The van der Waals surface area contributed by atoms with Crippen LogP contribution in [-0.2, 0) is 11.3 Å². The van der Waals surface area contributed by atoms with Gasteiger partial charge < -0.3 is 5.32 Å². The van der Waals surface area contributed by atoms with Gasteiger partial charge in [0.05, 0.1) is 5.52 Å². The minimum atomic E-state index is 0.179. The van der Waals surface area contributed by atoms with Crippen molar-refractivity contribution in [2.45, 2.75) is 19.4 Å². The van der Waals surface area contributed by atoms with Crippen molar-refractivity contribution in [1.82, 2.24) is 10.3 Å². The lowest BCUT2D eigenvalue weighted by Crippen LogP contribution is -2.24.